The van der Waals surface area contributed by atoms with Gasteiger partial charge in [0.05, 0.1) is 19.3 Å². The quantitative estimate of drug-likeness (QED) is 0.0675. The first-order valence-corrected chi connectivity index (χ1v) is 14.3. The van der Waals surface area contributed by atoms with Crippen LogP contribution in [0.3, 0.4) is 0 Å². The molecular formula is C31H55NO3. The number of aliphatic hydroxyl groups is 1. The third-order valence-corrected chi connectivity index (χ3v) is 6.10. The zero-order chi connectivity index (χ0) is 26.2. The topological polar surface area (TPSA) is 62.5 Å². The zero-order valence-electron chi connectivity index (χ0n) is 23.6. The van der Waals surface area contributed by atoms with Crippen LogP contribution in [0.4, 0.5) is 0 Å². The number of ether oxygens (including phenoxy) is 2. The van der Waals surface area contributed by atoms with E-state index in [1.54, 1.807) is 12.2 Å². The molecule has 2 atom stereocenters. The Kier molecular flexibility index (Phi) is 23.1. The Morgan fingerprint density at radius 2 is 1.46 bits per heavy atom. The highest BCUT2D eigenvalue weighted by Gasteiger charge is 2.10. The lowest BCUT2D eigenvalue weighted by Crippen LogP contribution is -2.23. The predicted octanol–water partition coefficient (Wildman–Crippen LogP) is 8.67. The highest BCUT2D eigenvalue weighted by Crippen LogP contribution is 2.16. The third-order valence-electron chi connectivity index (χ3n) is 6.10. The molecule has 0 aliphatic rings. The van der Waals surface area contributed by atoms with Gasteiger partial charge in [-0.1, -0.05) is 104 Å². The molecule has 1 N–H and O–H groups in total. The van der Waals surface area contributed by atoms with E-state index in [0.29, 0.717) is 36.4 Å². The summed E-state index contributed by atoms with van der Waals surface area (Å²) in [5.74, 6) is 1.58. The summed E-state index contributed by atoms with van der Waals surface area (Å²) in [7, 11) is 0. The Morgan fingerprint density at radius 3 is 1.94 bits per heavy atom. The average Bonchev–Trinajstić information content (AvgIpc) is 2.84. The van der Waals surface area contributed by atoms with Crippen molar-refractivity contribution in [2.75, 3.05) is 19.8 Å². The maximum atomic E-state index is 9.68. The first-order chi connectivity index (χ1) is 17.0. The van der Waals surface area contributed by atoms with E-state index < -0.39 is 6.10 Å². The van der Waals surface area contributed by atoms with Crippen molar-refractivity contribution >= 4 is 0 Å². The normalized spacial score (nSPS) is 14.5. The maximum Gasteiger partial charge on any atom is 0.145 e. The number of allylic oxidation sites excluding steroid dienone is 5. The van der Waals surface area contributed by atoms with E-state index in [1.165, 1.54) is 70.6 Å². The van der Waals surface area contributed by atoms with Crippen molar-refractivity contribution in [2.24, 2.45) is 11.8 Å². The smallest absolute Gasteiger partial charge is 0.145 e. The van der Waals surface area contributed by atoms with Gasteiger partial charge in [-0.15, -0.1) is 0 Å². The van der Waals surface area contributed by atoms with E-state index >= 15 is 0 Å². The van der Waals surface area contributed by atoms with Crippen LogP contribution in [0, 0.1) is 23.2 Å². The van der Waals surface area contributed by atoms with Gasteiger partial charge in [0.25, 0.3) is 0 Å². The largest absolute Gasteiger partial charge is 0.486 e. The number of hydrogen-bond acceptors (Lipinski definition) is 4. The van der Waals surface area contributed by atoms with Gasteiger partial charge in [0.1, 0.15) is 11.9 Å². The van der Waals surface area contributed by atoms with Crippen LogP contribution in [0.5, 0.6) is 0 Å². The monoisotopic (exact) mass is 489 g/mol. The van der Waals surface area contributed by atoms with Crippen LogP contribution in [0.25, 0.3) is 0 Å². The van der Waals surface area contributed by atoms with Gasteiger partial charge < -0.3 is 14.6 Å². The molecule has 0 amide bonds. The summed E-state index contributed by atoms with van der Waals surface area (Å²) in [4.78, 5) is 0. The van der Waals surface area contributed by atoms with Crippen molar-refractivity contribution in [2.45, 2.75) is 124 Å². The second-order valence-electron chi connectivity index (χ2n) is 10.3. The number of unbranched alkanes of at least 4 members (excludes halogenated alkanes) is 11. The second kappa shape index (κ2) is 24.1. The molecule has 0 rings (SSSR count). The molecule has 4 nitrogen and oxygen atoms in total. The van der Waals surface area contributed by atoms with Crippen molar-refractivity contribution in [3.63, 3.8) is 0 Å². The van der Waals surface area contributed by atoms with Gasteiger partial charge in [0.15, 0.2) is 0 Å². The lowest BCUT2D eigenvalue weighted by Gasteiger charge is -2.17. The van der Waals surface area contributed by atoms with Crippen molar-refractivity contribution in [1.82, 2.24) is 0 Å². The van der Waals surface area contributed by atoms with E-state index in [9.17, 15) is 10.4 Å². The van der Waals surface area contributed by atoms with Crippen molar-refractivity contribution < 1.29 is 14.6 Å². The maximum absolute atomic E-state index is 9.68. The van der Waals surface area contributed by atoms with E-state index in [4.69, 9.17) is 9.47 Å². The summed E-state index contributed by atoms with van der Waals surface area (Å²) in [5.41, 5.74) is 0.630. The molecule has 0 aromatic carbocycles. The minimum atomic E-state index is -0.405. The van der Waals surface area contributed by atoms with Gasteiger partial charge in [-0.25, -0.2) is 0 Å². The third kappa shape index (κ3) is 21.4. The Balaban J connectivity index is 4.05. The summed E-state index contributed by atoms with van der Waals surface area (Å²) < 4.78 is 11.6. The number of nitrogens with zero attached hydrogens (tertiary/aromatic N) is 1. The average molecular weight is 490 g/mol. The fraction of sp³-hybridized carbons (Fsp3) is 0.774. The van der Waals surface area contributed by atoms with Crippen LogP contribution in [-0.2, 0) is 9.47 Å². The van der Waals surface area contributed by atoms with Crippen molar-refractivity contribution in [1.29, 1.82) is 5.26 Å². The second-order valence-corrected chi connectivity index (χ2v) is 10.3. The SMILES string of the molecule is C\C=C(/C=C\C(C#N)=C\C(C)CC(C)C)OC(CO)COCCCCCCCCCCCCCC. The molecule has 0 fully saturated rings. The minimum Gasteiger partial charge on any atom is -0.486 e. The van der Waals surface area contributed by atoms with E-state index in [1.807, 2.05) is 19.1 Å². The van der Waals surface area contributed by atoms with E-state index in [2.05, 4.69) is 33.8 Å². The number of aliphatic hydroxyl groups excluding tert-OH is 1. The standard InChI is InChI=1S/C31H55NO3/c1-6-8-9-10-11-12-13-14-15-16-17-18-21-34-26-31(25-33)35-30(7-2)20-19-29(24-32)23-28(5)22-27(3)4/h7,19-20,23,27-28,31,33H,6,8-18,21-22,25-26H2,1-5H3/b20-19-,29-23-,30-7+. The van der Waals surface area contributed by atoms with Crippen molar-refractivity contribution in [3.8, 4) is 6.07 Å². The molecule has 0 aromatic heterocycles. The van der Waals surface area contributed by atoms with Crippen LogP contribution in [0.15, 0.2) is 35.6 Å². The molecule has 0 heterocycles. The molecular weight excluding hydrogens is 434 g/mol. The molecule has 0 saturated carbocycles. The summed E-state index contributed by atoms with van der Waals surface area (Å²) >= 11 is 0. The van der Waals surface area contributed by atoms with Crippen molar-refractivity contribution in [3.05, 3.63) is 35.6 Å². The Hall–Kier alpha value is -1.57. The molecule has 202 valence electrons. The molecule has 35 heavy (non-hydrogen) atoms. The van der Waals surface area contributed by atoms with Gasteiger partial charge in [0, 0.05) is 12.2 Å². The first kappa shape index (κ1) is 33.4. The Morgan fingerprint density at radius 1 is 0.886 bits per heavy atom. The molecule has 0 radical (unpaired) electrons. The number of rotatable bonds is 23. The zero-order valence-corrected chi connectivity index (χ0v) is 23.6. The number of nitriles is 1. The lowest BCUT2D eigenvalue weighted by atomic mass is 9.97. The molecule has 0 aliphatic carbocycles. The van der Waals surface area contributed by atoms with Crippen LogP contribution in [-0.4, -0.2) is 31.0 Å². The molecule has 0 saturated heterocycles. The molecule has 0 bridgehead atoms. The molecule has 0 spiro atoms. The predicted molar refractivity (Wildman–Crippen MR) is 149 cm³/mol. The highest BCUT2D eigenvalue weighted by molar-refractivity contribution is 5.36. The van der Waals surface area contributed by atoms with Gasteiger partial charge in [-0.3, -0.25) is 0 Å². The van der Waals surface area contributed by atoms with Crippen LogP contribution in [0.2, 0.25) is 0 Å². The fourth-order valence-corrected chi connectivity index (χ4v) is 4.20. The lowest BCUT2D eigenvalue weighted by molar-refractivity contribution is -0.0107. The first-order valence-electron chi connectivity index (χ1n) is 14.3. The van der Waals surface area contributed by atoms with Crippen LogP contribution < -0.4 is 0 Å². The minimum absolute atomic E-state index is 0.101. The fourth-order valence-electron chi connectivity index (χ4n) is 4.20. The summed E-state index contributed by atoms with van der Waals surface area (Å²) in [5, 5.41) is 19.1. The summed E-state index contributed by atoms with van der Waals surface area (Å²) in [6, 6.07) is 2.25. The van der Waals surface area contributed by atoms with E-state index in [-0.39, 0.29) is 6.61 Å². The molecule has 0 aliphatic heterocycles. The van der Waals surface area contributed by atoms with Gasteiger partial charge in [0.2, 0.25) is 0 Å². The van der Waals surface area contributed by atoms with Crippen LogP contribution >= 0.6 is 0 Å². The Labute approximate surface area is 217 Å². The molecule has 4 heteroatoms. The van der Waals surface area contributed by atoms with Gasteiger partial charge >= 0.3 is 0 Å². The number of hydrogen-bond donors (Lipinski definition) is 1. The highest BCUT2D eigenvalue weighted by atomic mass is 16.5. The van der Waals surface area contributed by atoms with E-state index in [0.717, 1.165) is 12.8 Å². The molecule has 0 aromatic rings. The summed E-state index contributed by atoms with van der Waals surface area (Å²) in [6.07, 6.45) is 24.0. The van der Waals surface area contributed by atoms with Gasteiger partial charge in [-0.05, 0) is 49.8 Å². The van der Waals surface area contributed by atoms with Crippen LogP contribution in [0.1, 0.15) is 118 Å². The van der Waals surface area contributed by atoms with Gasteiger partial charge in [-0.2, -0.15) is 5.26 Å². The Bertz CT molecular complexity index is 615. The summed E-state index contributed by atoms with van der Waals surface area (Å²) in [6.45, 7) is 11.6. The molecule has 2 unspecified atom stereocenters.